The van der Waals surface area contributed by atoms with Crippen molar-refractivity contribution in [2.24, 2.45) is 0 Å². The van der Waals surface area contributed by atoms with Crippen LogP contribution < -0.4 is 10.1 Å². The summed E-state index contributed by atoms with van der Waals surface area (Å²) in [5.74, 6) is 0.926. The van der Waals surface area contributed by atoms with Gasteiger partial charge in [-0.15, -0.1) is 0 Å². The van der Waals surface area contributed by atoms with Gasteiger partial charge >= 0.3 is 0 Å². The summed E-state index contributed by atoms with van der Waals surface area (Å²) in [6.45, 7) is 8.37. The van der Waals surface area contributed by atoms with Crippen LogP contribution in [0.15, 0.2) is 42.5 Å². The lowest BCUT2D eigenvalue weighted by Crippen LogP contribution is -2.09. The Morgan fingerprint density at radius 1 is 1.00 bits per heavy atom. The molecule has 1 unspecified atom stereocenters. The summed E-state index contributed by atoms with van der Waals surface area (Å²) in [4.78, 5) is 0. The van der Waals surface area contributed by atoms with Crippen molar-refractivity contribution >= 4 is 28.3 Å². The molecule has 1 atom stereocenters. The maximum Gasteiger partial charge on any atom is 0.120 e. The van der Waals surface area contributed by atoms with Gasteiger partial charge in [-0.2, -0.15) is 0 Å². The van der Waals surface area contributed by atoms with E-state index >= 15 is 0 Å². The first-order valence-corrected chi connectivity index (χ1v) is 8.33. The molecule has 0 aliphatic rings. The largest absolute Gasteiger partial charge is 0.491 e. The molecule has 21 heavy (non-hydrogen) atoms. The number of halogens is 1. The van der Waals surface area contributed by atoms with Gasteiger partial charge in [0.1, 0.15) is 5.75 Å². The van der Waals surface area contributed by atoms with E-state index in [9.17, 15) is 0 Å². The van der Waals surface area contributed by atoms with E-state index in [4.69, 9.17) is 4.74 Å². The van der Waals surface area contributed by atoms with Crippen molar-refractivity contribution in [3.63, 3.8) is 0 Å². The van der Waals surface area contributed by atoms with Gasteiger partial charge in [-0.1, -0.05) is 12.1 Å². The second kappa shape index (κ2) is 7.16. The van der Waals surface area contributed by atoms with Gasteiger partial charge in [0, 0.05) is 15.3 Å². The smallest absolute Gasteiger partial charge is 0.120 e. The highest BCUT2D eigenvalue weighted by molar-refractivity contribution is 14.1. The average Bonchev–Trinajstić information content (AvgIpc) is 2.42. The molecule has 0 spiro atoms. The van der Waals surface area contributed by atoms with Gasteiger partial charge in [0.05, 0.1) is 6.10 Å². The van der Waals surface area contributed by atoms with E-state index in [0.717, 1.165) is 11.4 Å². The number of aryl methyl sites for hydroxylation is 1. The molecule has 112 valence electrons. The highest BCUT2D eigenvalue weighted by atomic mass is 127. The summed E-state index contributed by atoms with van der Waals surface area (Å²) in [5, 5.41) is 3.57. The fraction of sp³-hybridized carbons (Fsp3) is 0.333. The molecule has 2 nitrogen and oxygen atoms in total. The molecule has 0 saturated carbocycles. The van der Waals surface area contributed by atoms with Crippen LogP contribution in [0.25, 0.3) is 0 Å². The standard InChI is InChI=1S/C18H22INO/c1-12(2)21-17-9-10-18(13(3)11-17)20-14(4)15-5-7-16(19)8-6-15/h5-12,14,20H,1-4H3. The summed E-state index contributed by atoms with van der Waals surface area (Å²) < 4.78 is 6.98. The first kappa shape index (κ1) is 16.1. The number of benzene rings is 2. The molecule has 0 heterocycles. The highest BCUT2D eigenvalue weighted by Crippen LogP contribution is 2.26. The van der Waals surface area contributed by atoms with Crippen LogP contribution in [-0.4, -0.2) is 6.10 Å². The summed E-state index contributed by atoms with van der Waals surface area (Å²) in [6.07, 6.45) is 0.203. The molecule has 2 aromatic carbocycles. The predicted octanol–water partition coefficient (Wildman–Crippen LogP) is 5.56. The van der Waals surface area contributed by atoms with Crippen LogP contribution in [0, 0.1) is 10.5 Å². The molecular formula is C18H22INO. The minimum absolute atomic E-state index is 0.203. The molecule has 0 saturated heterocycles. The fourth-order valence-corrected chi connectivity index (χ4v) is 2.57. The molecule has 2 rings (SSSR count). The van der Waals surface area contributed by atoms with Crippen LogP contribution in [0.3, 0.4) is 0 Å². The number of anilines is 1. The Hall–Kier alpha value is -1.23. The van der Waals surface area contributed by atoms with Gasteiger partial charge < -0.3 is 10.1 Å². The third-order valence-corrected chi connectivity index (χ3v) is 4.03. The monoisotopic (exact) mass is 395 g/mol. The van der Waals surface area contributed by atoms with Crippen molar-refractivity contribution in [2.75, 3.05) is 5.32 Å². The molecule has 0 aromatic heterocycles. The highest BCUT2D eigenvalue weighted by Gasteiger charge is 2.08. The number of hydrogen-bond acceptors (Lipinski definition) is 2. The van der Waals surface area contributed by atoms with E-state index in [-0.39, 0.29) is 12.1 Å². The molecule has 0 bridgehead atoms. The van der Waals surface area contributed by atoms with Crippen molar-refractivity contribution in [1.82, 2.24) is 0 Å². The van der Waals surface area contributed by atoms with Crippen molar-refractivity contribution in [3.8, 4) is 5.75 Å². The van der Waals surface area contributed by atoms with Crippen LogP contribution >= 0.6 is 22.6 Å². The third kappa shape index (κ3) is 4.63. The zero-order valence-corrected chi connectivity index (χ0v) is 15.1. The number of rotatable bonds is 5. The van der Waals surface area contributed by atoms with E-state index in [0.29, 0.717) is 0 Å². The lowest BCUT2D eigenvalue weighted by atomic mass is 10.1. The number of nitrogens with one attached hydrogen (secondary N) is 1. The van der Waals surface area contributed by atoms with E-state index in [1.54, 1.807) is 0 Å². The van der Waals surface area contributed by atoms with Gasteiger partial charge in [0.2, 0.25) is 0 Å². The maximum atomic E-state index is 5.72. The van der Waals surface area contributed by atoms with Gasteiger partial charge in [0.15, 0.2) is 0 Å². The Bertz CT molecular complexity index is 593. The van der Waals surface area contributed by atoms with Crippen molar-refractivity contribution in [3.05, 3.63) is 57.2 Å². The van der Waals surface area contributed by atoms with E-state index in [1.165, 1.54) is 14.7 Å². The summed E-state index contributed by atoms with van der Waals surface area (Å²) in [5.41, 5.74) is 3.64. The van der Waals surface area contributed by atoms with Crippen LogP contribution in [-0.2, 0) is 0 Å². The Labute approximate surface area is 141 Å². The Morgan fingerprint density at radius 3 is 2.24 bits per heavy atom. The van der Waals surface area contributed by atoms with Gasteiger partial charge in [0.25, 0.3) is 0 Å². The van der Waals surface area contributed by atoms with Crippen molar-refractivity contribution in [1.29, 1.82) is 0 Å². The summed E-state index contributed by atoms with van der Waals surface area (Å²) in [7, 11) is 0. The average molecular weight is 395 g/mol. The molecule has 1 N–H and O–H groups in total. The topological polar surface area (TPSA) is 21.3 Å². The Balaban J connectivity index is 2.10. The molecule has 3 heteroatoms. The van der Waals surface area contributed by atoms with E-state index in [1.807, 2.05) is 19.9 Å². The Kier molecular flexibility index (Phi) is 5.51. The van der Waals surface area contributed by atoms with Gasteiger partial charge in [-0.3, -0.25) is 0 Å². The fourth-order valence-electron chi connectivity index (χ4n) is 2.21. The molecular weight excluding hydrogens is 373 g/mol. The second-order valence-corrected chi connectivity index (χ2v) is 6.81. The van der Waals surface area contributed by atoms with E-state index in [2.05, 4.69) is 78.2 Å². The van der Waals surface area contributed by atoms with Crippen LogP contribution in [0.5, 0.6) is 5.75 Å². The molecule has 0 fully saturated rings. The molecule has 0 aliphatic heterocycles. The van der Waals surface area contributed by atoms with Crippen LogP contribution in [0.1, 0.15) is 37.9 Å². The van der Waals surface area contributed by atoms with Crippen LogP contribution in [0.2, 0.25) is 0 Å². The molecule has 0 amide bonds. The lowest BCUT2D eigenvalue weighted by Gasteiger charge is -2.19. The minimum atomic E-state index is 0.203. The second-order valence-electron chi connectivity index (χ2n) is 5.56. The SMILES string of the molecule is Cc1cc(OC(C)C)ccc1NC(C)c1ccc(I)cc1. The minimum Gasteiger partial charge on any atom is -0.491 e. The molecule has 2 aromatic rings. The number of hydrogen-bond donors (Lipinski definition) is 1. The number of ether oxygens (including phenoxy) is 1. The van der Waals surface area contributed by atoms with Crippen LogP contribution in [0.4, 0.5) is 5.69 Å². The normalized spacial score (nSPS) is 12.3. The maximum absolute atomic E-state index is 5.72. The van der Waals surface area contributed by atoms with E-state index < -0.39 is 0 Å². The predicted molar refractivity (Wildman–Crippen MR) is 98.1 cm³/mol. The third-order valence-electron chi connectivity index (χ3n) is 3.31. The zero-order chi connectivity index (χ0) is 15.4. The Morgan fingerprint density at radius 2 is 1.67 bits per heavy atom. The zero-order valence-electron chi connectivity index (χ0n) is 13.0. The van der Waals surface area contributed by atoms with Gasteiger partial charge in [-0.05, 0) is 91.7 Å². The van der Waals surface area contributed by atoms with Crippen molar-refractivity contribution < 1.29 is 4.74 Å². The first-order chi connectivity index (χ1) is 9.95. The molecule has 0 aliphatic carbocycles. The first-order valence-electron chi connectivity index (χ1n) is 7.25. The van der Waals surface area contributed by atoms with Gasteiger partial charge in [-0.25, -0.2) is 0 Å². The lowest BCUT2D eigenvalue weighted by molar-refractivity contribution is 0.242. The summed E-state index contributed by atoms with van der Waals surface area (Å²) >= 11 is 2.33. The quantitative estimate of drug-likeness (QED) is 0.670. The van der Waals surface area contributed by atoms with Crippen molar-refractivity contribution in [2.45, 2.75) is 39.8 Å². The summed E-state index contributed by atoms with van der Waals surface area (Å²) in [6, 6.07) is 15.1. The molecule has 0 radical (unpaired) electrons.